The highest BCUT2D eigenvalue weighted by molar-refractivity contribution is 5.75. The van der Waals surface area contributed by atoms with E-state index in [0.717, 1.165) is 6.29 Å². The minimum Gasteiger partial charge on any atom is -0.462 e. The van der Waals surface area contributed by atoms with Gasteiger partial charge in [-0.05, 0) is 30.2 Å². The van der Waals surface area contributed by atoms with Gasteiger partial charge in [0.2, 0.25) is 0 Å². The Morgan fingerprint density at radius 2 is 2.10 bits per heavy atom. The number of cyclic esters (lactones) is 1. The van der Waals surface area contributed by atoms with Gasteiger partial charge in [0.15, 0.2) is 0 Å². The molecule has 0 amide bonds. The molecular weight excluding hydrogens is 258 g/mol. The maximum atomic E-state index is 11.8. The topological polar surface area (TPSA) is 92.1 Å². The molecule has 0 spiro atoms. The second-order valence-corrected chi connectivity index (χ2v) is 6.11. The highest BCUT2D eigenvalue weighted by atomic mass is 16.6. The second kappa shape index (κ2) is 7.29. The molecule has 1 rings (SSSR count). The van der Waals surface area contributed by atoms with Gasteiger partial charge >= 0.3 is 5.97 Å². The minimum absolute atomic E-state index is 0.148. The maximum Gasteiger partial charge on any atom is 0.309 e. The molecule has 1 unspecified atom stereocenters. The van der Waals surface area contributed by atoms with Gasteiger partial charge in [0.1, 0.15) is 12.4 Å². The summed E-state index contributed by atoms with van der Waals surface area (Å²) < 4.78 is 5.36. The summed E-state index contributed by atoms with van der Waals surface area (Å²) in [6, 6.07) is -0.467. The van der Waals surface area contributed by atoms with E-state index in [1.165, 1.54) is 0 Å². The van der Waals surface area contributed by atoms with Gasteiger partial charge in [-0.3, -0.25) is 4.79 Å². The van der Waals surface area contributed by atoms with Crippen LogP contribution in [0.4, 0.5) is 0 Å². The van der Waals surface area contributed by atoms with Crippen molar-refractivity contribution < 1.29 is 14.3 Å². The number of esters is 1. The molecule has 20 heavy (non-hydrogen) atoms. The van der Waals surface area contributed by atoms with Crippen LogP contribution in [0.5, 0.6) is 0 Å². The minimum atomic E-state index is -0.467. The Morgan fingerprint density at radius 1 is 1.45 bits per heavy atom. The molecule has 1 aliphatic heterocycles. The van der Waals surface area contributed by atoms with Crippen LogP contribution in [0.1, 0.15) is 40.5 Å². The van der Waals surface area contributed by atoms with E-state index in [-0.39, 0.29) is 29.6 Å². The summed E-state index contributed by atoms with van der Waals surface area (Å²) in [5, 5.41) is 3.75. The monoisotopic (exact) mass is 281 g/mol. The van der Waals surface area contributed by atoms with Gasteiger partial charge in [-0.1, -0.05) is 32.8 Å². The number of azide groups is 1. The Bertz CT molecular complexity index is 402. The third-order valence-electron chi connectivity index (χ3n) is 4.04. The molecule has 1 fully saturated rings. The first kappa shape index (κ1) is 16.5. The highest BCUT2D eigenvalue weighted by Gasteiger charge is 2.40. The van der Waals surface area contributed by atoms with Crippen LogP contribution in [0.25, 0.3) is 10.4 Å². The van der Waals surface area contributed by atoms with Crippen LogP contribution in [0.2, 0.25) is 0 Å². The molecule has 1 aliphatic rings. The van der Waals surface area contributed by atoms with Crippen molar-refractivity contribution in [2.75, 3.05) is 0 Å². The summed E-state index contributed by atoms with van der Waals surface area (Å²) >= 11 is 0. The second-order valence-electron chi connectivity index (χ2n) is 6.11. The number of hydrogen-bond donors (Lipinski definition) is 0. The smallest absolute Gasteiger partial charge is 0.309 e. The molecule has 0 saturated carbocycles. The Morgan fingerprint density at radius 3 is 2.50 bits per heavy atom. The molecule has 6 nitrogen and oxygen atoms in total. The maximum absolute atomic E-state index is 11.8. The molecule has 0 radical (unpaired) electrons. The van der Waals surface area contributed by atoms with Gasteiger partial charge < -0.3 is 9.53 Å². The van der Waals surface area contributed by atoms with Crippen molar-refractivity contribution in [1.29, 1.82) is 0 Å². The fourth-order valence-corrected chi connectivity index (χ4v) is 2.51. The van der Waals surface area contributed by atoms with Crippen LogP contribution in [0.3, 0.4) is 0 Å². The third-order valence-corrected chi connectivity index (χ3v) is 4.04. The first-order valence-electron chi connectivity index (χ1n) is 7.10. The largest absolute Gasteiger partial charge is 0.462 e. The van der Waals surface area contributed by atoms with Gasteiger partial charge in [0, 0.05) is 10.8 Å². The molecule has 0 aliphatic carbocycles. The van der Waals surface area contributed by atoms with Crippen molar-refractivity contribution in [3.8, 4) is 0 Å². The molecule has 1 saturated heterocycles. The van der Waals surface area contributed by atoms with Crippen LogP contribution in [-0.4, -0.2) is 24.4 Å². The van der Waals surface area contributed by atoms with Crippen LogP contribution in [-0.2, 0) is 14.3 Å². The number of rotatable bonds is 7. The molecule has 0 bridgehead atoms. The van der Waals surface area contributed by atoms with Gasteiger partial charge in [0.25, 0.3) is 0 Å². The molecule has 0 aromatic heterocycles. The van der Waals surface area contributed by atoms with Crippen molar-refractivity contribution in [3.63, 3.8) is 0 Å². The summed E-state index contributed by atoms with van der Waals surface area (Å²) in [4.78, 5) is 25.7. The lowest BCUT2D eigenvalue weighted by atomic mass is 9.86. The van der Waals surface area contributed by atoms with Gasteiger partial charge in [-0.15, -0.1) is 0 Å². The fraction of sp³-hybridized carbons (Fsp3) is 0.857. The van der Waals surface area contributed by atoms with Crippen molar-refractivity contribution in [2.24, 2.45) is 28.8 Å². The molecule has 112 valence electrons. The van der Waals surface area contributed by atoms with E-state index in [2.05, 4.69) is 10.0 Å². The molecular formula is C14H23N3O3. The predicted molar refractivity (Wildman–Crippen MR) is 74.8 cm³/mol. The van der Waals surface area contributed by atoms with Gasteiger partial charge in [-0.2, -0.15) is 0 Å². The van der Waals surface area contributed by atoms with E-state index >= 15 is 0 Å². The van der Waals surface area contributed by atoms with Crippen LogP contribution in [0, 0.1) is 23.7 Å². The van der Waals surface area contributed by atoms with Gasteiger partial charge in [0.05, 0.1) is 12.0 Å². The van der Waals surface area contributed by atoms with E-state index in [0.29, 0.717) is 12.8 Å². The average Bonchev–Trinajstić information content (AvgIpc) is 2.76. The predicted octanol–water partition coefficient (Wildman–Crippen LogP) is 3.11. The van der Waals surface area contributed by atoms with Crippen molar-refractivity contribution in [2.45, 2.75) is 52.7 Å². The summed E-state index contributed by atoms with van der Waals surface area (Å²) in [5.74, 6) is -0.198. The van der Waals surface area contributed by atoms with E-state index in [1.54, 1.807) is 0 Å². The van der Waals surface area contributed by atoms with Crippen molar-refractivity contribution in [1.82, 2.24) is 0 Å². The van der Waals surface area contributed by atoms with E-state index in [4.69, 9.17) is 10.3 Å². The average molecular weight is 281 g/mol. The Labute approximate surface area is 119 Å². The number of aldehydes is 1. The fourth-order valence-electron chi connectivity index (χ4n) is 2.51. The Balaban J connectivity index is 2.80. The zero-order valence-corrected chi connectivity index (χ0v) is 12.5. The van der Waals surface area contributed by atoms with Crippen LogP contribution < -0.4 is 0 Å². The molecule has 4 atom stereocenters. The normalized spacial score (nSPS) is 25.2. The highest BCUT2D eigenvalue weighted by Crippen LogP contribution is 2.32. The number of carbonyl (C=O) groups excluding carboxylic acids is 2. The van der Waals surface area contributed by atoms with Crippen LogP contribution in [0.15, 0.2) is 5.11 Å². The molecule has 0 aromatic carbocycles. The van der Waals surface area contributed by atoms with E-state index < -0.39 is 12.1 Å². The van der Waals surface area contributed by atoms with Crippen molar-refractivity contribution >= 4 is 12.3 Å². The lowest BCUT2D eigenvalue weighted by Crippen LogP contribution is -2.28. The lowest BCUT2D eigenvalue weighted by Gasteiger charge is -2.22. The summed E-state index contributed by atoms with van der Waals surface area (Å²) in [6.45, 7) is 7.84. The number of hydrogen-bond acceptors (Lipinski definition) is 4. The van der Waals surface area contributed by atoms with Gasteiger partial charge in [-0.25, -0.2) is 0 Å². The van der Waals surface area contributed by atoms with E-state index in [1.807, 2.05) is 27.7 Å². The number of carbonyl (C=O) groups is 2. The standard InChI is InChI=1S/C14H23N3O3/c1-8(2)10(7-18)5-12(16-17-15)13-6-11(9(3)4)14(19)20-13/h7-13H,5-6H2,1-4H3/t10?,11-,12-,13-/m0/s1. The lowest BCUT2D eigenvalue weighted by molar-refractivity contribution is -0.145. The summed E-state index contributed by atoms with van der Waals surface area (Å²) in [7, 11) is 0. The SMILES string of the molecule is CC(C)C(C=O)C[C@H](N=[N+]=[N-])[C@@H]1C[C@@H](C(C)C)C(=O)O1. The zero-order valence-electron chi connectivity index (χ0n) is 12.5. The van der Waals surface area contributed by atoms with Crippen molar-refractivity contribution in [3.05, 3.63) is 10.4 Å². The Kier molecular flexibility index (Phi) is 6.02. The number of nitrogens with zero attached hydrogens (tertiary/aromatic N) is 3. The quantitative estimate of drug-likeness (QED) is 0.236. The summed E-state index contributed by atoms with van der Waals surface area (Å²) in [5.41, 5.74) is 8.69. The number of ether oxygens (including phenoxy) is 1. The molecule has 0 aromatic rings. The molecule has 0 N–H and O–H groups in total. The zero-order chi connectivity index (χ0) is 15.3. The molecule has 1 heterocycles. The van der Waals surface area contributed by atoms with E-state index in [9.17, 15) is 9.59 Å². The summed E-state index contributed by atoms with van der Waals surface area (Å²) in [6.07, 6.45) is 1.46. The first-order chi connectivity index (χ1) is 9.40. The molecule has 6 heteroatoms. The first-order valence-corrected chi connectivity index (χ1v) is 7.10. The third kappa shape index (κ3) is 3.97. The Hall–Kier alpha value is -1.55. The van der Waals surface area contributed by atoms with Crippen LogP contribution >= 0.6 is 0 Å².